The average molecular weight is 332 g/mol. The molecule has 1 unspecified atom stereocenters. The molecule has 6 nitrogen and oxygen atoms in total. The van der Waals surface area contributed by atoms with E-state index in [1.807, 2.05) is 26.8 Å². The first-order valence-electron chi connectivity index (χ1n) is 8.15. The molecule has 0 N–H and O–H groups in total. The summed E-state index contributed by atoms with van der Waals surface area (Å²) in [6.07, 6.45) is 7.45. The number of ketones is 1. The van der Waals surface area contributed by atoms with Gasteiger partial charge in [-0.05, 0) is 43.5 Å². The second kappa shape index (κ2) is 7.11. The standard InChI is InChI=1S/C18H24N2O4/c1-13(21)18(10-7-11-19-18)9-6-5-8-16(22)23-15-12-14(24-20-15)17(2,3)4/h7,10-12H,5-6,8-9H2,1-4H3. The Hall–Kier alpha value is -2.24. The molecule has 1 aliphatic rings. The van der Waals surface area contributed by atoms with Crippen molar-refractivity contribution in [1.29, 1.82) is 0 Å². The van der Waals surface area contributed by atoms with Gasteiger partial charge in [-0.15, -0.1) is 0 Å². The lowest BCUT2D eigenvalue weighted by molar-refractivity contribution is -0.134. The fraction of sp³-hybridized carbons (Fsp3) is 0.556. The smallest absolute Gasteiger partial charge is 0.312 e. The van der Waals surface area contributed by atoms with Crippen molar-refractivity contribution in [2.24, 2.45) is 4.99 Å². The lowest BCUT2D eigenvalue weighted by Gasteiger charge is -2.20. The Kier molecular flexibility index (Phi) is 5.36. The van der Waals surface area contributed by atoms with Crippen LogP contribution in [0.2, 0.25) is 0 Å². The number of unbranched alkanes of at least 4 members (excludes halogenated alkanes) is 1. The molecule has 1 atom stereocenters. The van der Waals surface area contributed by atoms with Gasteiger partial charge in [-0.1, -0.05) is 20.8 Å². The topological polar surface area (TPSA) is 81.8 Å². The molecule has 2 rings (SSSR count). The lowest BCUT2D eigenvalue weighted by atomic mass is 9.90. The van der Waals surface area contributed by atoms with Gasteiger partial charge >= 0.3 is 5.97 Å². The van der Waals surface area contributed by atoms with Crippen LogP contribution in [0.5, 0.6) is 5.88 Å². The van der Waals surface area contributed by atoms with Crippen LogP contribution in [-0.2, 0) is 15.0 Å². The van der Waals surface area contributed by atoms with Crippen LogP contribution in [0.4, 0.5) is 0 Å². The Morgan fingerprint density at radius 3 is 2.58 bits per heavy atom. The minimum Gasteiger partial charge on any atom is -0.404 e. The van der Waals surface area contributed by atoms with Gasteiger partial charge in [-0.3, -0.25) is 14.6 Å². The van der Waals surface area contributed by atoms with Gasteiger partial charge in [-0.2, -0.15) is 0 Å². The number of ether oxygens (including phenoxy) is 1. The van der Waals surface area contributed by atoms with Gasteiger partial charge in [-0.25, -0.2) is 0 Å². The number of Topliss-reactive ketones (excluding diaryl/α,β-unsaturated/α-hetero) is 1. The van der Waals surface area contributed by atoms with Crippen molar-refractivity contribution in [2.45, 2.75) is 64.3 Å². The fourth-order valence-electron chi connectivity index (χ4n) is 2.45. The minimum absolute atomic E-state index is 0.0207. The molecule has 0 bridgehead atoms. The Morgan fingerprint density at radius 2 is 2.04 bits per heavy atom. The SMILES string of the molecule is CC(=O)C1(CCCCC(=O)Oc2cc(C(C)(C)C)on2)C=CC=N1. The second-order valence-corrected chi connectivity index (χ2v) is 7.08. The Bertz CT molecular complexity index is 653. The summed E-state index contributed by atoms with van der Waals surface area (Å²) in [7, 11) is 0. The van der Waals surface area contributed by atoms with Crippen LogP contribution in [0, 0.1) is 0 Å². The zero-order valence-corrected chi connectivity index (χ0v) is 14.7. The lowest BCUT2D eigenvalue weighted by Crippen LogP contribution is -2.31. The van der Waals surface area contributed by atoms with E-state index in [2.05, 4.69) is 10.1 Å². The maximum atomic E-state index is 11.9. The molecule has 0 amide bonds. The summed E-state index contributed by atoms with van der Waals surface area (Å²) in [5.41, 5.74) is -0.925. The molecule has 0 aliphatic carbocycles. The quantitative estimate of drug-likeness (QED) is 0.564. The highest BCUT2D eigenvalue weighted by Crippen LogP contribution is 2.27. The summed E-state index contributed by atoms with van der Waals surface area (Å²) in [4.78, 5) is 27.9. The van der Waals surface area contributed by atoms with Crippen LogP contribution >= 0.6 is 0 Å². The minimum atomic E-state index is -0.738. The third kappa shape index (κ3) is 4.40. The van der Waals surface area contributed by atoms with Gasteiger partial charge < -0.3 is 9.26 Å². The van der Waals surface area contributed by atoms with Gasteiger partial charge in [0, 0.05) is 24.1 Å². The summed E-state index contributed by atoms with van der Waals surface area (Å²) in [6, 6.07) is 1.64. The number of hydrogen-bond acceptors (Lipinski definition) is 6. The van der Waals surface area contributed by atoms with Gasteiger partial charge in [0.2, 0.25) is 0 Å². The van der Waals surface area contributed by atoms with E-state index in [0.717, 1.165) is 0 Å². The monoisotopic (exact) mass is 332 g/mol. The van der Waals surface area contributed by atoms with Gasteiger partial charge in [0.1, 0.15) is 11.3 Å². The molecular formula is C18H24N2O4. The van der Waals surface area contributed by atoms with E-state index >= 15 is 0 Å². The number of carbonyl (C=O) groups is 2. The van der Waals surface area contributed by atoms with Crippen LogP contribution in [0.1, 0.15) is 59.1 Å². The van der Waals surface area contributed by atoms with Crippen molar-refractivity contribution in [3.05, 3.63) is 24.0 Å². The highest BCUT2D eigenvalue weighted by Gasteiger charge is 2.32. The van der Waals surface area contributed by atoms with E-state index in [1.165, 1.54) is 0 Å². The zero-order chi connectivity index (χ0) is 17.8. The van der Waals surface area contributed by atoms with E-state index in [9.17, 15) is 9.59 Å². The number of allylic oxidation sites excluding steroid dienone is 1. The average Bonchev–Trinajstić information content (AvgIpc) is 3.12. The third-order valence-corrected chi connectivity index (χ3v) is 4.01. The van der Waals surface area contributed by atoms with Gasteiger partial charge in [0.05, 0.1) is 0 Å². The first-order chi connectivity index (χ1) is 11.2. The van der Waals surface area contributed by atoms with Crippen LogP contribution < -0.4 is 4.74 Å². The predicted octanol–water partition coefficient (Wildman–Crippen LogP) is 3.41. The molecule has 0 saturated heterocycles. The number of aromatic nitrogens is 1. The van der Waals surface area contributed by atoms with E-state index in [0.29, 0.717) is 25.0 Å². The second-order valence-electron chi connectivity index (χ2n) is 7.08. The molecule has 0 fully saturated rings. The molecule has 1 aliphatic heterocycles. The van der Waals surface area contributed by atoms with Crippen molar-refractivity contribution in [1.82, 2.24) is 5.16 Å². The van der Waals surface area contributed by atoms with Crippen molar-refractivity contribution in [3.8, 4) is 5.88 Å². The van der Waals surface area contributed by atoms with Crippen molar-refractivity contribution < 1.29 is 18.8 Å². The highest BCUT2D eigenvalue weighted by molar-refractivity contribution is 5.94. The first-order valence-corrected chi connectivity index (χ1v) is 8.15. The van der Waals surface area contributed by atoms with Gasteiger partial charge in [0.15, 0.2) is 5.78 Å². The Morgan fingerprint density at radius 1 is 1.29 bits per heavy atom. The Labute approximate surface area is 142 Å². The van der Waals surface area contributed by atoms with Crippen LogP contribution in [0.3, 0.4) is 0 Å². The first kappa shape index (κ1) is 18.1. The predicted molar refractivity (Wildman–Crippen MR) is 90.4 cm³/mol. The normalized spacial score (nSPS) is 19.7. The number of esters is 1. The highest BCUT2D eigenvalue weighted by atomic mass is 16.6. The van der Waals surface area contributed by atoms with Crippen LogP contribution in [-0.4, -0.2) is 28.7 Å². The molecule has 130 valence electrons. The summed E-state index contributed by atoms with van der Waals surface area (Å²) in [5, 5.41) is 3.76. The fourth-order valence-corrected chi connectivity index (χ4v) is 2.45. The summed E-state index contributed by atoms with van der Waals surface area (Å²) in [5.74, 6) is 0.520. The van der Waals surface area contributed by atoms with E-state index in [1.54, 1.807) is 25.3 Å². The number of nitrogens with zero attached hydrogens (tertiary/aromatic N) is 2. The molecule has 2 heterocycles. The molecule has 0 aromatic carbocycles. The summed E-state index contributed by atoms with van der Waals surface area (Å²) >= 11 is 0. The molecule has 1 aromatic heterocycles. The molecule has 1 aromatic rings. The largest absolute Gasteiger partial charge is 0.404 e. The molecule has 0 spiro atoms. The van der Waals surface area contributed by atoms with Crippen molar-refractivity contribution >= 4 is 18.0 Å². The van der Waals surface area contributed by atoms with Crippen LogP contribution in [0.25, 0.3) is 0 Å². The number of rotatable bonds is 7. The number of aliphatic imine (C=N–C) groups is 1. The molecule has 6 heteroatoms. The summed E-state index contributed by atoms with van der Waals surface area (Å²) < 4.78 is 10.4. The third-order valence-electron chi connectivity index (χ3n) is 4.01. The maximum absolute atomic E-state index is 11.9. The van der Waals surface area contributed by atoms with E-state index in [-0.39, 0.29) is 29.5 Å². The van der Waals surface area contributed by atoms with E-state index in [4.69, 9.17) is 9.26 Å². The zero-order valence-electron chi connectivity index (χ0n) is 14.7. The van der Waals surface area contributed by atoms with E-state index < -0.39 is 5.54 Å². The van der Waals surface area contributed by atoms with Crippen LogP contribution in [0.15, 0.2) is 27.7 Å². The molecule has 0 radical (unpaired) electrons. The van der Waals surface area contributed by atoms with Gasteiger partial charge in [0.25, 0.3) is 5.88 Å². The molecular weight excluding hydrogens is 308 g/mol. The number of hydrogen-bond donors (Lipinski definition) is 0. The maximum Gasteiger partial charge on any atom is 0.312 e. The molecule has 24 heavy (non-hydrogen) atoms. The molecule has 0 saturated carbocycles. The number of carbonyl (C=O) groups excluding carboxylic acids is 2. The summed E-state index contributed by atoms with van der Waals surface area (Å²) in [6.45, 7) is 7.51. The van der Waals surface area contributed by atoms with Crippen molar-refractivity contribution in [2.75, 3.05) is 0 Å². The van der Waals surface area contributed by atoms with Crippen molar-refractivity contribution in [3.63, 3.8) is 0 Å². The Balaban J connectivity index is 1.76.